The average Bonchev–Trinajstić information content (AvgIpc) is 2.92. The maximum absolute atomic E-state index is 10.3. The fraction of sp³-hybridized carbons (Fsp3) is 0.385. The van der Waals surface area contributed by atoms with Gasteiger partial charge in [0.25, 0.3) is 0 Å². The van der Waals surface area contributed by atoms with Crippen molar-refractivity contribution in [1.29, 1.82) is 0 Å². The van der Waals surface area contributed by atoms with Gasteiger partial charge in [0.05, 0.1) is 19.4 Å². The molecule has 2 N–H and O–H groups in total. The molecule has 0 bridgehead atoms. The van der Waals surface area contributed by atoms with Crippen molar-refractivity contribution < 1.29 is 14.3 Å². The molecule has 0 radical (unpaired) electrons. The number of aromatic nitrogens is 2. The Kier molecular flexibility index (Phi) is 4.01. The monoisotopic (exact) mass is 263 g/mol. The molecule has 0 aliphatic heterocycles. The van der Waals surface area contributed by atoms with Crippen LogP contribution in [-0.2, 0) is 5.60 Å². The van der Waals surface area contributed by atoms with E-state index in [1.165, 1.54) is 12.6 Å². The van der Waals surface area contributed by atoms with E-state index in [1.807, 2.05) is 6.92 Å². The van der Waals surface area contributed by atoms with E-state index in [9.17, 15) is 5.11 Å². The maximum Gasteiger partial charge on any atom is 0.218 e. The highest BCUT2D eigenvalue weighted by Gasteiger charge is 2.26. The van der Waals surface area contributed by atoms with Crippen molar-refractivity contribution in [2.24, 2.45) is 0 Å². The molecule has 0 saturated carbocycles. The third-order valence-electron chi connectivity index (χ3n) is 2.60. The number of anilines is 1. The molecule has 1 unspecified atom stereocenters. The van der Waals surface area contributed by atoms with Gasteiger partial charge in [-0.15, -0.1) is 0 Å². The van der Waals surface area contributed by atoms with E-state index in [-0.39, 0.29) is 6.54 Å². The van der Waals surface area contributed by atoms with E-state index in [0.29, 0.717) is 24.1 Å². The lowest BCUT2D eigenvalue weighted by Crippen LogP contribution is -2.30. The van der Waals surface area contributed by atoms with Gasteiger partial charge in [0.15, 0.2) is 0 Å². The molecule has 0 spiro atoms. The first kappa shape index (κ1) is 13.4. The van der Waals surface area contributed by atoms with Crippen LogP contribution in [0.15, 0.2) is 35.2 Å². The number of nitrogens with zero attached hydrogens (tertiary/aromatic N) is 2. The topological polar surface area (TPSA) is 80.4 Å². The Morgan fingerprint density at radius 3 is 3.00 bits per heavy atom. The van der Waals surface area contributed by atoms with Crippen LogP contribution in [0.5, 0.6) is 5.88 Å². The Labute approximate surface area is 111 Å². The molecule has 6 heteroatoms. The largest absolute Gasteiger partial charge is 0.478 e. The molecule has 102 valence electrons. The third-order valence-corrected chi connectivity index (χ3v) is 2.60. The van der Waals surface area contributed by atoms with Crippen LogP contribution in [0.4, 0.5) is 5.82 Å². The summed E-state index contributed by atoms with van der Waals surface area (Å²) in [5, 5.41) is 13.3. The summed E-state index contributed by atoms with van der Waals surface area (Å²) in [4.78, 5) is 8.03. The highest BCUT2D eigenvalue weighted by Crippen LogP contribution is 2.21. The summed E-state index contributed by atoms with van der Waals surface area (Å²) in [7, 11) is 0. The average molecular weight is 263 g/mol. The maximum atomic E-state index is 10.3. The van der Waals surface area contributed by atoms with Crippen molar-refractivity contribution >= 4 is 5.82 Å². The predicted octanol–water partition coefficient (Wildman–Crippen LogP) is 1.79. The van der Waals surface area contributed by atoms with Crippen LogP contribution in [0.3, 0.4) is 0 Å². The normalized spacial score (nSPS) is 13.8. The number of rotatable bonds is 6. The lowest BCUT2D eigenvalue weighted by atomic mass is 10.0. The molecule has 0 aliphatic carbocycles. The second-order valence-electron chi connectivity index (χ2n) is 4.28. The first-order valence-corrected chi connectivity index (χ1v) is 6.07. The minimum absolute atomic E-state index is 0.267. The van der Waals surface area contributed by atoms with E-state index in [0.717, 1.165) is 0 Å². The van der Waals surface area contributed by atoms with Gasteiger partial charge in [-0.3, -0.25) is 0 Å². The standard InChI is InChI=1S/C13H17N3O3/c1-3-18-12-7-11(15-9-16-12)14-8-13(2,17)10-5-4-6-19-10/h4-7,9,17H,3,8H2,1-2H3,(H,14,15,16). The molecule has 19 heavy (non-hydrogen) atoms. The van der Waals surface area contributed by atoms with Gasteiger partial charge < -0.3 is 19.6 Å². The van der Waals surface area contributed by atoms with E-state index in [2.05, 4.69) is 15.3 Å². The lowest BCUT2D eigenvalue weighted by Gasteiger charge is -2.21. The molecule has 2 heterocycles. The van der Waals surface area contributed by atoms with Gasteiger partial charge >= 0.3 is 0 Å². The molecule has 2 rings (SSSR count). The zero-order chi connectivity index (χ0) is 13.7. The first-order chi connectivity index (χ1) is 9.12. The van der Waals surface area contributed by atoms with Gasteiger partial charge in [-0.25, -0.2) is 9.97 Å². The smallest absolute Gasteiger partial charge is 0.218 e. The summed E-state index contributed by atoms with van der Waals surface area (Å²) in [6.07, 6.45) is 2.94. The summed E-state index contributed by atoms with van der Waals surface area (Å²) < 4.78 is 10.5. The molecule has 0 aromatic carbocycles. The molecule has 6 nitrogen and oxygen atoms in total. The van der Waals surface area contributed by atoms with Crippen molar-refractivity contribution in [3.05, 3.63) is 36.5 Å². The lowest BCUT2D eigenvalue weighted by molar-refractivity contribution is 0.0475. The fourth-order valence-corrected chi connectivity index (χ4v) is 1.60. The molecule has 2 aromatic rings. The zero-order valence-corrected chi connectivity index (χ0v) is 11.0. The van der Waals surface area contributed by atoms with Gasteiger partial charge in [-0.05, 0) is 26.0 Å². The van der Waals surface area contributed by atoms with Gasteiger partial charge in [-0.2, -0.15) is 0 Å². The van der Waals surface area contributed by atoms with Crippen molar-refractivity contribution in [2.75, 3.05) is 18.5 Å². The van der Waals surface area contributed by atoms with Crippen LogP contribution < -0.4 is 10.1 Å². The number of nitrogens with one attached hydrogen (secondary N) is 1. The predicted molar refractivity (Wildman–Crippen MR) is 70.0 cm³/mol. The Balaban J connectivity index is 2.00. The van der Waals surface area contributed by atoms with E-state index >= 15 is 0 Å². The molecular weight excluding hydrogens is 246 g/mol. The van der Waals surface area contributed by atoms with Crippen LogP contribution in [0, 0.1) is 0 Å². The van der Waals surface area contributed by atoms with E-state index < -0.39 is 5.60 Å². The minimum atomic E-state index is -1.11. The summed E-state index contributed by atoms with van der Waals surface area (Å²) in [6, 6.07) is 5.15. The van der Waals surface area contributed by atoms with Crippen molar-refractivity contribution in [3.63, 3.8) is 0 Å². The van der Waals surface area contributed by atoms with Crippen LogP contribution >= 0.6 is 0 Å². The molecular formula is C13H17N3O3. The highest BCUT2D eigenvalue weighted by atomic mass is 16.5. The zero-order valence-electron chi connectivity index (χ0n) is 11.0. The number of ether oxygens (including phenoxy) is 1. The highest BCUT2D eigenvalue weighted by molar-refractivity contribution is 5.37. The van der Waals surface area contributed by atoms with E-state index in [4.69, 9.17) is 9.15 Å². The quantitative estimate of drug-likeness (QED) is 0.827. The van der Waals surface area contributed by atoms with Crippen LogP contribution in [0.25, 0.3) is 0 Å². The SMILES string of the molecule is CCOc1cc(NCC(C)(O)c2ccco2)ncn1. The van der Waals surface area contributed by atoms with Crippen LogP contribution in [0.1, 0.15) is 19.6 Å². The van der Waals surface area contributed by atoms with Crippen molar-refractivity contribution in [2.45, 2.75) is 19.4 Å². The summed E-state index contributed by atoms with van der Waals surface area (Å²) in [5.41, 5.74) is -1.11. The Hall–Kier alpha value is -2.08. The van der Waals surface area contributed by atoms with Gasteiger partial charge in [0.1, 0.15) is 23.5 Å². The molecule has 0 fully saturated rings. The second kappa shape index (κ2) is 5.71. The third kappa shape index (κ3) is 3.45. The molecule has 0 amide bonds. The first-order valence-electron chi connectivity index (χ1n) is 6.07. The fourth-order valence-electron chi connectivity index (χ4n) is 1.60. The molecule has 0 aliphatic rings. The van der Waals surface area contributed by atoms with Gasteiger partial charge in [0, 0.05) is 6.07 Å². The Morgan fingerprint density at radius 2 is 2.32 bits per heavy atom. The van der Waals surface area contributed by atoms with Crippen molar-refractivity contribution in [1.82, 2.24) is 9.97 Å². The van der Waals surface area contributed by atoms with Gasteiger partial charge in [0.2, 0.25) is 5.88 Å². The number of aliphatic hydroxyl groups is 1. The Morgan fingerprint density at radius 1 is 1.47 bits per heavy atom. The van der Waals surface area contributed by atoms with Crippen LogP contribution in [-0.4, -0.2) is 28.2 Å². The number of furan rings is 1. The second-order valence-corrected chi connectivity index (χ2v) is 4.28. The number of hydrogen-bond donors (Lipinski definition) is 2. The summed E-state index contributed by atoms with van der Waals surface area (Å²) >= 11 is 0. The van der Waals surface area contributed by atoms with Crippen molar-refractivity contribution in [3.8, 4) is 5.88 Å². The van der Waals surface area contributed by atoms with Crippen LogP contribution in [0.2, 0.25) is 0 Å². The number of hydrogen-bond acceptors (Lipinski definition) is 6. The molecule has 2 aromatic heterocycles. The molecule has 1 atom stereocenters. The summed E-state index contributed by atoms with van der Waals surface area (Å²) in [6.45, 7) is 4.37. The molecule has 0 saturated heterocycles. The minimum Gasteiger partial charge on any atom is -0.478 e. The Bertz CT molecular complexity index is 512. The van der Waals surface area contributed by atoms with Gasteiger partial charge in [-0.1, -0.05) is 0 Å². The van der Waals surface area contributed by atoms with E-state index in [1.54, 1.807) is 25.1 Å². The summed E-state index contributed by atoms with van der Waals surface area (Å²) in [5.74, 6) is 1.59.